The van der Waals surface area contributed by atoms with Crippen LogP contribution in [-0.2, 0) is 9.53 Å². The van der Waals surface area contributed by atoms with E-state index in [1.165, 1.54) is 23.8 Å². The number of allylic oxidation sites excluding steroid dienone is 4. The van der Waals surface area contributed by atoms with Crippen molar-refractivity contribution in [3.05, 3.63) is 89.0 Å². The van der Waals surface area contributed by atoms with Crippen LogP contribution in [0.5, 0.6) is 0 Å². The molecular formula is C27H31NO3. The Bertz CT molecular complexity index is 954. The summed E-state index contributed by atoms with van der Waals surface area (Å²) < 4.78 is 4.73. The molecule has 2 atom stereocenters. The molecular weight excluding hydrogens is 386 g/mol. The first-order valence-corrected chi connectivity index (χ1v) is 10.8. The maximum atomic E-state index is 13.2. The third kappa shape index (κ3) is 6.17. The maximum Gasteiger partial charge on any atom is 0.337 e. The second-order valence-electron chi connectivity index (χ2n) is 8.30. The van der Waals surface area contributed by atoms with Crippen molar-refractivity contribution in [2.24, 2.45) is 5.92 Å². The minimum absolute atomic E-state index is 0.0132. The summed E-state index contributed by atoms with van der Waals surface area (Å²) in [4.78, 5) is 24.8. The van der Waals surface area contributed by atoms with Crippen molar-refractivity contribution in [1.82, 2.24) is 0 Å². The molecule has 3 rings (SSSR count). The van der Waals surface area contributed by atoms with Crippen molar-refractivity contribution in [2.75, 3.05) is 12.4 Å². The molecule has 1 aliphatic carbocycles. The molecule has 0 heterocycles. The monoisotopic (exact) mass is 417 g/mol. The van der Waals surface area contributed by atoms with Crippen molar-refractivity contribution in [3.8, 4) is 0 Å². The molecule has 0 fully saturated rings. The molecule has 0 aromatic heterocycles. The molecule has 4 nitrogen and oxygen atoms in total. The third-order valence-corrected chi connectivity index (χ3v) is 5.78. The number of esters is 1. The number of carbonyl (C=O) groups excluding carboxylic acids is 2. The molecule has 1 amide bonds. The van der Waals surface area contributed by atoms with Gasteiger partial charge in [0.1, 0.15) is 0 Å². The summed E-state index contributed by atoms with van der Waals surface area (Å²) >= 11 is 0. The topological polar surface area (TPSA) is 55.4 Å². The molecule has 162 valence electrons. The van der Waals surface area contributed by atoms with Gasteiger partial charge in [-0.1, -0.05) is 53.6 Å². The molecule has 1 aliphatic rings. The zero-order valence-electron chi connectivity index (χ0n) is 18.6. The number of amides is 1. The zero-order valence-corrected chi connectivity index (χ0v) is 18.6. The second kappa shape index (κ2) is 10.8. The van der Waals surface area contributed by atoms with E-state index in [0.717, 1.165) is 25.7 Å². The first kappa shape index (κ1) is 22.5. The molecule has 0 aliphatic heterocycles. The normalized spacial score (nSPS) is 18.0. The summed E-state index contributed by atoms with van der Waals surface area (Å²) in [6.07, 6.45) is 8.24. The van der Waals surface area contributed by atoms with Gasteiger partial charge < -0.3 is 10.1 Å². The molecule has 0 bridgehead atoms. The van der Waals surface area contributed by atoms with E-state index in [0.29, 0.717) is 11.3 Å². The zero-order chi connectivity index (χ0) is 22.2. The van der Waals surface area contributed by atoms with E-state index in [4.69, 9.17) is 4.74 Å². The van der Waals surface area contributed by atoms with Crippen LogP contribution in [0.2, 0.25) is 0 Å². The minimum Gasteiger partial charge on any atom is -0.465 e. The van der Waals surface area contributed by atoms with Crippen molar-refractivity contribution < 1.29 is 14.3 Å². The Hall–Kier alpha value is -3.14. The van der Waals surface area contributed by atoms with E-state index in [1.54, 1.807) is 24.3 Å². The lowest BCUT2D eigenvalue weighted by molar-refractivity contribution is -0.120. The first-order valence-electron chi connectivity index (χ1n) is 10.8. The van der Waals surface area contributed by atoms with E-state index in [1.807, 2.05) is 18.2 Å². The highest BCUT2D eigenvalue weighted by Crippen LogP contribution is 2.39. The van der Waals surface area contributed by atoms with Gasteiger partial charge in [0, 0.05) is 11.6 Å². The number of ether oxygens (including phenoxy) is 1. The van der Waals surface area contributed by atoms with Crippen LogP contribution < -0.4 is 5.32 Å². The number of hydrogen-bond donors (Lipinski definition) is 1. The van der Waals surface area contributed by atoms with Gasteiger partial charge in [-0.2, -0.15) is 0 Å². The third-order valence-electron chi connectivity index (χ3n) is 5.78. The largest absolute Gasteiger partial charge is 0.465 e. The number of benzene rings is 2. The van der Waals surface area contributed by atoms with Gasteiger partial charge in [0.25, 0.3) is 0 Å². The fourth-order valence-electron chi connectivity index (χ4n) is 4.10. The Morgan fingerprint density at radius 3 is 2.42 bits per heavy atom. The molecule has 2 aromatic carbocycles. The summed E-state index contributed by atoms with van der Waals surface area (Å²) in [5, 5.41) is 3.04. The van der Waals surface area contributed by atoms with Gasteiger partial charge >= 0.3 is 5.97 Å². The Labute approximate surface area is 185 Å². The molecule has 0 saturated carbocycles. The van der Waals surface area contributed by atoms with Gasteiger partial charge in [0.2, 0.25) is 5.91 Å². The van der Waals surface area contributed by atoms with E-state index in [9.17, 15) is 9.59 Å². The predicted molar refractivity (Wildman–Crippen MR) is 125 cm³/mol. The van der Waals surface area contributed by atoms with Crippen LogP contribution >= 0.6 is 0 Å². The molecule has 0 radical (unpaired) electrons. The molecule has 2 aromatic rings. The fourth-order valence-corrected chi connectivity index (χ4v) is 4.10. The molecule has 0 unspecified atom stereocenters. The highest BCUT2D eigenvalue weighted by atomic mass is 16.5. The number of nitrogens with one attached hydrogen (secondary N) is 1. The van der Waals surface area contributed by atoms with E-state index >= 15 is 0 Å². The summed E-state index contributed by atoms with van der Waals surface area (Å²) in [7, 11) is 1.35. The number of rotatable bonds is 7. The Kier molecular flexibility index (Phi) is 7.82. The van der Waals surface area contributed by atoms with Crippen molar-refractivity contribution in [1.29, 1.82) is 0 Å². The molecule has 0 spiro atoms. The van der Waals surface area contributed by atoms with Gasteiger partial charge in [-0.25, -0.2) is 4.79 Å². The van der Waals surface area contributed by atoms with E-state index < -0.39 is 0 Å². The average molecular weight is 418 g/mol. The predicted octanol–water partition coefficient (Wildman–Crippen LogP) is 6.28. The summed E-state index contributed by atoms with van der Waals surface area (Å²) in [6, 6.07) is 17.1. The quantitative estimate of drug-likeness (QED) is 0.426. The lowest BCUT2D eigenvalue weighted by Gasteiger charge is -2.31. The first-order chi connectivity index (χ1) is 15.0. The fraction of sp³-hybridized carbons (Fsp3) is 0.333. The summed E-state index contributed by atoms with van der Waals surface area (Å²) in [5.74, 6) is -0.350. The number of carbonyl (C=O) groups is 2. The number of methoxy groups -OCH3 is 1. The van der Waals surface area contributed by atoms with Crippen LogP contribution in [0, 0.1) is 5.92 Å². The van der Waals surface area contributed by atoms with Crippen LogP contribution in [-0.4, -0.2) is 19.0 Å². The lowest BCUT2D eigenvalue weighted by atomic mass is 9.74. The van der Waals surface area contributed by atoms with Gasteiger partial charge in [0.15, 0.2) is 0 Å². The van der Waals surface area contributed by atoms with Gasteiger partial charge in [-0.05, 0) is 75.3 Å². The Morgan fingerprint density at radius 2 is 1.77 bits per heavy atom. The number of anilines is 1. The van der Waals surface area contributed by atoms with Crippen LogP contribution in [0.3, 0.4) is 0 Å². The van der Waals surface area contributed by atoms with Crippen molar-refractivity contribution in [3.63, 3.8) is 0 Å². The van der Waals surface area contributed by atoms with E-state index in [-0.39, 0.29) is 23.7 Å². The van der Waals surface area contributed by atoms with Gasteiger partial charge in [0.05, 0.1) is 12.7 Å². The SMILES string of the molecule is COC(=O)c1ccc(NC(=O)[C@H]2CC=C(CCC=C(C)C)C[C@@H]2c2ccccc2)cc1. The van der Waals surface area contributed by atoms with Gasteiger partial charge in [-0.3, -0.25) is 4.79 Å². The summed E-state index contributed by atoms with van der Waals surface area (Å²) in [6.45, 7) is 4.25. The second-order valence-corrected chi connectivity index (χ2v) is 8.30. The molecule has 4 heteroatoms. The molecule has 1 N–H and O–H groups in total. The van der Waals surface area contributed by atoms with E-state index in [2.05, 4.69) is 43.4 Å². The van der Waals surface area contributed by atoms with Crippen LogP contribution in [0.25, 0.3) is 0 Å². The number of hydrogen-bond acceptors (Lipinski definition) is 3. The maximum absolute atomic E-state index is 13.2. The van der Waals surface area contributed by atoms with Crippen molar-refractivity contribution in [2.45, 2.75) is 45.4 Å². The summed E-state index contributed by atoms with van der Waals surface area (Å²) in [5.41, 5.74) is 5.12. The Morgan fingerprint density at radius 1 is 1.06 bits per heavy atom. The highest BCUT2D eigenvalue weighted by molar-refractivity contribution is 5.94. The standard InChI is InChI=1S/C27H31NO3/c1-19(2)8-7-9-20-12-17-24(25(18-20)21-10-5-4-6-11-21)26(29)28-23-15-13-22(14-16-23)27(30)31-3/h4-6,8,10-16,24-25H,7,9,17-18H2,1-3H3,(H,28,29)/t24-,25+/m0/s1. The van der Waals surface area contributed by atoms with Crippen LogP contribution in [0.1, 0.15) is 61.4 Å². The van der Waals surface area contributed by atoms with Crippen LogP contribution in [0.4, 0.5) is 5.69 Å². The Balaban J connectivity index is 1.75. The molecule has 31 heavy (non-hydrogen) atoms. The van der Waals surface area contributed by atoms with Gasteiger partial charge in [-0.15, -0.1) is 0 Å². The lowest BCUT2D eigenvalue weighted by Crippen LogP contribution is -2.30. The highest BCUT2D eigenvalue weighted by Gasteiger charge is 2.32. The minimum atomic E-state index is -0.389. The van der Waals surface area contributed by atoms with Crippen LogP contribution in [0.15, 0.2) is 77.9 Å². The average Bonchev–Trinajstić information content (AvgIpc) is 2.79. The smallest absolute Gasteiger partial charge is 0.337 e. The van der Waals surface area contributed by atoms with Crippen molar-refractivity contribution >= 4 is 17.6 Å². The molecule has 0 saturated heterocycles.